The van der Waals surface area contributed by atoms with Crippen LogP contribution >= 0.6 is 15.9 Å². The van der Waals surface area contributed by atoms with Crippen LogP contribution in [0.25, 0.3) is 0 Å². The number of hydrogen-bond acceptors (Lipinski definition) is 6. The van der Waals surface area contributed by atoms with E-state index in [0.717, 1.165) is 10.7 Å². The highest BCUT2D eigenvalue weighted by Gasteiger charge is 2.43. The molecule has 9 nitrogen and oxygen atoms in total. The van der Waals surface area contributed by atoms with Gasteiger partial charge in [-0.1, -0.05) is 0 Å². The van der Waals surface area contributed by atoms with E-state index in [0.29, 0.717) is 30.0 Å². The third-order valence-corrected chi connectivity index (χ3v) is 6.31. The van der Waals surface area contributed by atoms with Gasteiger partial charge in [0.15, 0.2) is 5.69 Å². The third-order valence-electron chi connectivity index (χ3n) is 5.53. The molecule has 1 aromatic heterocycles. The van der Waals surface area contributed by atoms with Gasteiger partial charge in [0.2, 0.25) is 5.91 Å². The van der Waals surface area contributed by atoms with Crippen molar-refractivity contribution >= 4 is 33.2 Å². The standard InChI is InChI=1S/C23H20BrF3N4O5/c1-12(30-20(13-3-4-13)19(24)21(29-30)23(25,26)27)22(32)28-14-9-15(31(33)34)11-18(10-14)36-17-7-5-16(35-2)6-8-17/h5-13H,3-4H2,1-2H3,(H,28,32). The Morgan fingerprint density at radius 1 is 1.19 bits per heavy atom. The van der Waals surface area contributed by atoms with Gasteiger partial charge in [-0.05, 0) is 60.0 Å². The number of amides is 1. The Balaban J connectivity index is 1.60. The van der Waals surface area contributed by atoms with Crippen LogP contribution in [0.3, 0.4) is 0 Å². The number of nitro groups is 1. The van der Waals surface area contributed by atoms with Gasteiger partial charge in [-0.3, -0.25) is 19.6 Å². The molecule has 2 aromatic carbocycles. The number of ether oxygens (including phenoxy) is 2. The van der Waals surface area contributed by atoms with Crippen LogP contribution < -0.4 is 14.8 Å². The molecule has 1 N–H and O–H groups in total. The van der Waals surface area contributed by atoms with Crippen molar-refractivity contribution in [1.29, 1.82) is 0 Å². The van der Waals surface area contributed by atoms with E-state index in [4.69, 9.17) is 9.47 Å². The van der Waals surface area contributed by atoms with E-state index < -0.39 is 28.7 Å². The Kier molecular flexibility index (Phi) is 6.94. The molecule has 1 heterocycles. The number of aromatic nitrogens is 2. The number of methoxy groups -OCH3 is 1. The first-order valence-corrected chi connectivity index (χ1v) is 11.5. The van der Waals surface area contributed by atoms with Gasteiger partial charge in [0, 0.05) is 18.1 Å². The van der Waals surface area contributed by atoms with Crippen molar-refractivity contribution in [2.45, 2.75) is 37.9 Å². The van der Waals surface area contributed by atoms with Gasteiger partial charge in [0.25, 0.3) is 5.69 Å². The van der Waals surface area contributed by atoms with Crippen LogP contribution in [-0.4, -0.2) is 27.7 Å². The minimum absolute atomic E-state index is 0.0415. The van der Waals surface area contributed by atoms with Gasteiger partial charge in [-0.15, -0.1) is 0 Å². The predicted molar refractivity (Wildman–Crippen MR) is 126 cm³/mol. The maximum Gasteiger partial charge on any atom is 0.436 e. The molecule has 1 amide bonds. The van der Waals surface area contributed by atoms with E-state index in [1.54, 1.807) is 24.3 Å². The van der Waals surface area contributed by atoms with Crippen molar-refractivity contribution in [2.75, 3.05) is 12.4 Å². The van der Waals surface area contributed by atoms with Crippen LogP contribution in [0.1, 0.15) is 43.1 Å². The van der Waals surface area contributed by atoms with Crippen molar-refractivity contribution in [2.24, 2.45) is 0 Å². The van der Waals surface area contributed by atoms with E-state index >= 15 is 0 Å². The molecule has 0 saturated heterocycles. The average Bonchev–Trinajstić information content (AvgIpc) is 3.59. The minimum atomic E-state index is -4.70. The van der Waals surface area contributed by atoms with Gasteiger partial charge in [0.1, 0.15) is 23.3 Å². The molecule has 1 fully saturated rings. The maximum absolute atomic E-state index is 13.4. The monoisotopic (exact) mass is 568 g/mol. The fraction of sp³-hybridized carbons (Fsp3) is 0.304. The van der Waals surface area contributed by atoms with Gasteiger partial charge in [-0.25, -0.2) is 0 Å². The maximum atomic E-state index is 13.4. The van der Waals surface area contributed by atoms with Crippen molar-refractivity contribution < 1.29 is 32.4 Å². The lowest BCUT2D eigenvalue weighted by Gasteiger charge is -2.16. The Hall–Kier alpha value is -3.61. The highest BCUT2D eigenvalue weighted by Crippen LogP contribution is 2.47. The number of benzene rings is 2. The fourth-order valence-electron chi connectivity index (χ4n) is 3.58. The minimum Gasteiger partial charge on any atom is -0.497 e. The zero-order chi connectivity index (χ0) is 26.2. The molecule has 0 radical (unpaired) electrons. The lowest BCUT2D eigenvalue weighted by molar-refractivity contribution is -0.384. The summed E-state index contributed by atoms with van der Waals surface area (Å²) in [7, 11) is 1.51. The lowest BCUT2D eigenvalue weighted by Crippen LogP contribution is -2.26. The number of nitrogens with one attached hydrogen (secondary N) is 1. The van der Waals surface area contributed by atoms with E-state index in [1.165, 1.54) is 26.2 Å². The summed E-state index contributed by atoms with van der Waals surface area (Å²) >= 11 is 3.00. The van der Waals surface area contributed by atoms with E-state index in [9.17, 15) is 28.1 Å². The largest absolute Gasteiger partial charge is 0.497 e. The van der Waals surface area contributed by atoms with Crippen LogP contribution in [0.15, 0.2) is 46.9 Å². The van der Waals surface area contributed by atoms with Crippen LogP contribution in [0.2, 0.25) is 0 Å². The smallest absolute Gasteiger partial charge is 0.436 e. The van der Waals surface area contributed by atoms with Crippen LogP contribution in [0.5, 0.6) is 17.2 Å². The first-order chi connectivity index (χ1) is 17.0. The molecule has 3 aromatic rings. The molecule has 13 heteroatoms. The Bertz CT molecular complexity index is 1310. The quantitative estimate of drug-likeness (QED) is 0.247. The molecule has 1 saturated carbocycles. The summed E-state index contributed by atoms with van der Waals surface area (Å²) in [6.45, 7) is 1.41. The zero-order valence-electron chi connectivity index (χ0n) is 19.0. The van der Waals surface area contributed by atoms with E-state index in [2.05, 4.69) is 26.3 Å². The molecule has 0 spiro atoms. The number of carbonyl (C=O) groups is 1. The Labute approximate surface area is 211 Å². The van der Waals surface area contributed by atoms with Crippen molar-refractivity contribution in [3.8, 4) is 17.2 Å². The van der Waals surface area contributed by atoms with Crippen molar-refractivity contribution in [3.63, 3.8) is 0 Å². The van der Waals surface area contributed by atoms with Crippen LogP contribution in [0, 0.1) is 10.1 Å². The molecule has 36 heavy (non-hydrogen) atoms. The van der Waals surface area contributed by atoms with E-state index in [1.807, 2.05) is 0 Å². The highest BCUT2D eigenvalue weighted by molar-refractivity contribution is 9.10. The second-order valence-corrected chi connectivity index (χ2v) is 8.97. The molecular formula is C23H20BrF3N4O5. The number of carbonyl (C=O) groups excluding carboxylic acids is 1. The Morgan fingerprint density at radius 3 is 2.39 bits per heavy atom. The summed E-state index contributed by atoms with van der Waals surface area (Å²) in [6.07, 6.45) is -3.32. The summed E-state index contributed by atoms with van der Waals surface area (Å²) < 4.78 is 52.0. The highest BCUT2D eigenvalue weighted by atomic mass is 79.9. The number of rotatable bonds is 8. The van der Waals surface area contributed by atoms with Gasteiger partial charge >= 0.3 is 6.18 Å². The number of nitrogens with zero attached hydrogens (tertiary/aromatic N) is 3. The number of alkyl halides is 3. The first-order valence-electron chi connectivity index (χ1n) is 10.7. The fourth-order valence-corrected chi connectivity index (χ4v) is 4.39. The normalized spacial score (nSPS) is 14.3. The zero-order valence-corrected chi connectivity index (χ0v) is 20.6. The second kappa shape index (κ2) is 9.80. The molecule has 0 aliphatic heterocycles. The number of nitro benzene ring substituents is 1. The van der Waals surface area contributed by atoms with Crippen LogP contribution in [0.4, 0.5) is 24.5 Å². The Morgan fingerprint density at radius 2 is 1.83 bits per heavy atom. The number of halogens is 4. The predicted octanol–water partition coefficient (Wildman–Crippen LogP) is 6.45. The third kappa shape index (κ3) is 5.45. The SMILES string of the molecule is COc1ccc(Oc2cc(NC(=O)C(C)n3nc(C(F)(F)F)c(Br)c3C3CC3)cc([N+](=O)[O-])c2)cc1. The molecule has 1 aliphatic carbocycles. The van der Waals surface area contributed by atoms with Crippen LogP contribution in [-0.2, 0) is 11.0 Å². The molecule has 1 unspecified atom stereocenters. The van der Waals surface area contributed by atoms with Gasteiger partial charge in [0.05, 0.1) is 34.0 Å². The first kappa shape index (κ1) is 25.5. The van der Waals surface area contributed by atoms with Crippen molar-refractivity contribution in [3.05, 3.63) is 68.4 Å². The average molecular weight is 569 g/mol. The molecule has 190 valence electrons. The molecule has 1 atom stereocenters. The van der Waals surface area contributed by atoms with Crippen molar-refractivity contribution in [1.82, 2.24) is 9.78 Å². The summed E-state index contributed by atoms with van der Waals surface area (Å²) in [4.78, 5) is 23.8. The molecule has 4 rings (SSSR count). The summed E-state index contributed by atoms with van der Waals surface area (Å²) in [5, 5.41) is 17.7. The summed E-state index contributed by atoms with van der Waals surface area (Å²) in [5.41, 5.74) is -1.11. The molecule has 1 aliphatic rings. The van der Waals surface area contributed by atoms with E-state index in [-0.39, 0.29) is 27.5 Å². The number of non-ortho nitro benzene ring substituents is 1. The molecule has 0 bridgehead atoms. The summed E-state index contributed by atoms with van der Waals surface area (Å²) in [5.74, 6) is 0.208. The second-order valence-electron chi connectivity index (χ2n) is 8.18. The lowest BCUT2D eigenvalue weighted by atomic mass is 10.2. The summed E-state index contributed by atoms with van der Waals surface area (Å²) in [6, 6.07) is 9.07. The molecular weight excluding hydrogens is 549 g/mol. The number of anilines is 1. The number of hydrogen-bond donors (Lipinski definition) is 1. The van der Waals surface area contributed by atoms with Gasteiger partial charge in [-0.2, -0.15) is 18.3 Å². The topological polar surface area (TPSA) is 109 Å². The van der Waals surface area contributed by atoms with Gasteiger partial charge < -0.3 is 14.8 Å².